The Balaban J connectivity index is 2.47. The zero-order valence-corrected chi connectivity index (χ0v) is 7.43. The van der Waals surface area contributed by atoms with Crippen molar-refractivity contribution in [2.75, 3.05) is 6.61 Å². The summed E-state index contributed by atoms with van der Waals surface area (Å²) in [7, 11) is 0. The molecule has 1 saturated heterocycles. The highest BCUT2D eigenvalue weighted by Gasteiger charge is 2.34. The zero-order chi connectivity index (χ0) is 9.14. The second-order valence-electron chi connectivity index (χ2n) is 3.02. The molecule has 4 heteroatoms. The maximum atomic E-state index is 9.53. The summed E-state index contributed by atoms with van der Waals surface area (Å²) in [5.41, 5.74) is 0. The SMILES string of the molecule is CCO[C@H]1C[C@H](O)O[C@@H](C)[C@@H]1O. The Morgan fingerprint density at radius 1 is 1.50 bits per heavy atom. The van der Waals surface area contributed by atoms with Crippen molar-refractivity contribution >= 4 is 0 Å². The van der Waals surface area contributed by atoms with Crippen molar-refractivity contribution in [3.05, 3.63) is 0 Å². The van der Waals surface area contributed by atoms with Crippen molar-refractivity contribution < 1.29 is 19.7 Å². The fourth-order valence-corrected chi connectivity index (χ4v) is 1.40. The van der Waals surface area contributed by atoms with Crippen LogP contribution in [0, 0.1) is 0 Å². The van der Waals surface area contributed by atoms with Crippen molar-refractivity contribution in [2.24, 2.45) is 0 Å². The van der Waals surface area contributed by atoms with Gasteiger partial charge in [-0.3, -0.25) is 0 Å². The van der Waals surface area contributed by atoms with Gasteiger partial charge in [-0.1, -0.05) is 0 Å². The topological polar surface area (TPSA) is 58.9 Å². The molecule has 0 aromatic heterocycles. The van der Waals surface area contributed by atoms with Gasteiger partial charge in [0.25, 0.3) is 0 Å². The van der Waals surface area contributed by atoms with Crippen LogP contribution in [-0.4, -0.2) is 41.4 Å². The van der Waals surface area contributed by atoms with Gasteiger partial charge >= 0.3 is 0 Å². The van der Waals surface area contributed by atoms with E-state index in [2.05, 4.69) is 0 Å². The molecule has 1 rings (SSSR count). The number of hydrogen-bond donors (Lipinski definition) is 2. The highest BCUT2D eigenvalue weighted by atomic mass is 16.6. The quantitative estimate of drug-likeness (QED) is 0.616. The zero-order valence-electron chi connectivity index (χ0n) is 7.43. The first kappa shape index (κ1) is 9.92. The first-order valence-electron chi connectivity index (χ1n) is 4.28. The van der Waals surface area contributed by atoms with E-state index in [9.17, 15) is 10.2 Å². The van der Waals surface area contributed by atoms with E-state index in [1.165, 1.54) is 0 Å². The van der Waals surface area contributed by atoms with Crippen LogP contribution in [-0.2, 0) is 9.47 Å². The standard InChI is InChI=1S/C8H16O4/c1-3-11-6-4-7(9)12-5(2)8(6)10/h5-10H,3-4H2,1-2H3/t5-,6-,7+,8-/m0/s1. The molecule has 1 fully saturated rings. The van der Waals surface area contributed by atoms with Crippen LogP contribution >= 0.6 is 0 Å². The van der Waals surface area contributed by atoms with Gasteiger partial charge in [-0.2, -0.15) is 0 Å². The highest BCUT2D eigenvalue weighted by molar-refractivity contribution is 4.80. The first-order chi connectivity index (χ1) is 5.65. The second-order valence-corrected chi connectivity index (χ2v) is 3.02. The normalized spacial score (nSPS) is 43.0. The van der Waals surface area contributed by atoms with Crippen LogP contribution in [0.3, 0.4) is 0 Å². The Kier molecular flexibility index (Phi) is 3.46. The predicted molar refractivity (Wildman–Crippen MR) is 42.6 cm³/mol. The molecule has 0 aliphatic carbocycles. The lowest BCUT2D eigenvalue weighted by Crippen LogP contribution is -2.48. The minimum Gasteiger partial charge on any atom is -0.388 e. The Hall–Kier alpha value is -0.160. The number of rotatable bonds is 2. The van der Waals surface area contributed by atoms with E-state index in [-0.39, 0.29) is 12.2 Å². The lowest BCUT2D eigenvalue weighted by molar-refractivity contribution is -0.235. The monoisotopic (exact) mass is 176 g/mol. The fourth-order valence-electron chi connectivity index (χ4n) is 1.40. The Morgan fingerprint density at radius 2 is 2.17 bits per heavy atom. The molecular formula is C8H16O4. The molecule has 0 aromatic carbocycles. The summed E-state index contributed by atoms with van der Waals surface area (Å²) in [6.45, 7) is 4.12. The van der Waals surface area contributed by atoms with Crippen molar-refractivity contribution in [1.82, 2.24) is 0 Å². The Bertz CT molecular complexity index is 139. The summed E-state index contributed by atoms with van der Waals surface area (Å²) in [5.74, 6) is 0. The average molecular weight is 176 g/mol. The van der Waals surface area contributed by atoms with E-state index in [0.717, 1.165) is 0 Å². The van der Waals surface area contributed by atoms with Gasteiger partial charge in [0.1, 0.15) is 6.10 Å². The summed E-state index contributed by atoms with van der Waals surface area (Å²) < 4.78 is 10.2. The molecule has 1 aliphatic heterocycles. The Labute approximate surface area is 72.1 Å². The van der Waals surface area contributed by atoms with Crippen LogP contribution in [0.2, 0.25) is 0 Å². The van der Waals surface area contributed by atoms with Crippen LogP contribution < -0.4 is 0 Å². The van der Waals surface area contributed by atoms with Gasteiger partial charge in [-0.25, -0.2) is 0 Å². The lowest BCUT2D eigenvalue weighted by Gasteiger charge is -2.35. The summed E-state index contributed by atoms with van der Waals surface area (Å²) in [5, 5.41) is 18.7. The third-order valence-electron chi connectivity index (χ3n) is 2.05. The maximum absolute atomic E-state index is 9.53. The molecule has 0 amide bonds. The van der Waals surface area contributed by atoms with Crippen molar-refractivity contribution in [1.29, 1.82) is 0 Å². The van der Waals surface area contributed by atoms with Crippen molar-refractivity contribution in [2.45, 2.75) is 44.9 Å². The lowest BCUT2D eigenvalue weighted by atomic mass is 10.0. The number of aliphatic hydroxyl groups excluding tert-OH is 2. The molecule has 0 saturated carbocycles. The summed E-state index contributed by atoms with van der Waals surface area (Å²) in [6, 6.07) is 0. The third kappa shape index (κ3) is 2.17. The van der Waals surface area contributed by atoms with E-state index in [1.807, 2.05) is 6.92 Å². The van der Waals surface area contributed by atoms with E-state index in [1.54, 1.807) is 6.92 Å². The fraction of sp³-hybridized carbons (Fsp3) is 1.00. The number of hydrogen-bond acceptors (Lipinski definition) is 4. The van der Waals surface area contributed by atoms with Gasteiger partial charge in [0.15, 0.2) is 6.29 Å². The number of ether oxygens (including phenoxy) is 2. The van der Waals surface area contributed by atoms with Gasteiger partial charge in [-0.05, 0) is 13.8 Å². The van der Waals surface area contributed by atoms with Gasteiger partial charge in [-0.15, -0.1) is 0 Å². The molecule has 12 heavy (non-hydrogen) atoms. The summed E-state index contributed by atoms with van der Waals surface area (Å²) in [4.78, 5) is 0. The summed E-state index contributed by atoms with van der Waals surface area (Å²) in [6.07, 6.45) is -1.74. The van der Waals surface area contributed by atoms with E-state index >= 15 is 0 Å². The highest BCUT2D eigenvalue weighted by Crippen LogP contribution is 2.20. The van der Waals surface area contributed by atoms with Gasteiger partial charge in [0.2, 0.25) is 0 Å². The molecule has 0 radical (unpaired) electrons. The van der Waals surface area contributed by atoms with Gasteiger partial charge < -0.3 is 19.7 Å². The van der Waals surface area contributed by atoms with Crippen molar-refractivity contribution in [3.8, 4) is 0 Å². The first-order valence-corrected chi connectivity index (χ1v) is 4.28. The molecule has 0 spiro atoms. The maximum Gasteiger partial charge on any atom is 0.157 e. The molecule has 4 atom stereocenters. The van der Waals surface area contributed by atoms with E-state index in [0.29, 0.717) is 13.0 Å². The van der Waals surface area contributed by atoms with E-state index < -0.39 is 12.4 Å². The molecule has 0 aromatic rings. The molecular weight excluding hydrogens is 160 g/mol. The molecule has 1 heterocycles. The molecule has 0 unspecified atom stereocenters. The summed E-state index contributed by atoms with van der Waals surface area (Å²) >= 11 is 0. The van der Waals surface area contributed by atoms with Crippen LogP contribution in [0.4, 0.5) is 0 Å². The average Bonchev–Trinajstić information content (AvgIpc) is 2.00. The largest absolute Gasteiger partial charge is 0.388 e. The second kappa shape index (κ2) is 4.18. The van der Waals surface area contributed by atoms with Crippen molar-refractivity contribution in [3.63, 3.8) is 0 Å². The van der Waals surface area contributed by atoms with E-state index in [4.69, 9.17) is 9.47 Å². The van der Waals surface area contributed by atoms with Crippen LogP contribution in [0.15, 0.2) is 0 Å². The minimum absolute atomic E-state index is 0.297. The molecule has 72 valence electrons. The molecule has 0 bridgehead atoms. The van der Waals surface area contributed by atoms with Crippen LogP contribution in [0.5, 0.6) is 0 Å². The third-order valence-corrected chi connectivity index (χ3v) is 2.05. The molecule has 1 aliphatic rings. The van der Waals surface area contributed by atoms with Crippen LogP contribution in [0.1, 0.15) is 20.3 Å². The van der Waals surface area contributed by atoms with Gasteiger partial charge in [0, 0.05) is 13.0 Å². The number of aliphatic hydroxyl groups is 2. The molecule has 2 N–H and O–H groups in total. The van der Waals surface area contributed by atoms with Gasteiger partial charge in [0.05, 0.1) is 12.2 Å². The Morgan fingerprint density at radius 3 is 2.75 bits per heavy atom. The predicted octanol–water partition coefficient (Wildman–Crippen LogP) is -0.120. The smallest absolute Gasteiger partial charge is 0.157 e. The molecule has 4 nitrogen and oxygen atoms in total. The van der Waals surface area contributed by atoms with Crippen LogP contribution in [0.25, 0.3) is 0 Å². The minimum atomic E-state index is -0.806.